The highest BCUT2D eigenvalue weighted by molar-refractivity contribution is 6.04. The molecule has 0 atom stereocenters. The number of amides is 1. The number of amidine groups is 1. The third-order valence-corrected chi connectivity index (χ3v) is 2.54. The summed E-state index contributed by atoms with van der Waals surface area (Å²) in [6.45, 7) is 1.65. The second-order valence-corrected chi connectivity index (χ2v) is 3.33. The van der Waals surface area contributed by atoms with Gasteiger partial charge in [-0.25, -0.2) is 4.99 Å². The SMILES string of the molecule is CN=C1NC(=O)C2(CCNCC2)O1. The zero-order chi connectivity index (χ0) is 9.31. The number of aliphatic imine (C=N–C) groups is 1. The molecule has 1 spiro atoms. The van der Waals surface area contributed by atoms with Crippen LogP contribution in [0.3, 0.4) is 0 Å². The molecule has 2 fully saturated rings. The van der Waals surface area contributed by atoms with Crippen molar-refractivity contribution in [3.63, 3.8) is 0 Å². The molecule has 0 bridgehead atoms. The van der Waals surface area contributed by atoms with Gasteiger partial charge in [0, 0.05) is 19.9 Å². The summed E-state index contributed by atoms with van der Waals surface area (Å²) in [5.74, 6) is -0.0467. The van der Waals surface area contributed by atoms with E-state index in [4.69, 9.17) is 4.74 Å². The molecule has 0 saturated carbocycles. The van der Waals surface area contributed by atoms with Crippen LogP contribution in [0.4, 0.5) is 0 Å². The monoisotopic (exact) mass is 183 g/mol. The van der Waals surface area contributed by atoms with Crippen molar-refractivity contribution in [2.45, 2.75) is 18.4 Å². The van der Waals surface area contributed by atoms with E-state index in [1.807, 2.05) is 0 Å². The lowest BCUT2D eigenvalue weighted by molar-refractivity contribution is -0.132. The average Bonchev–Trinajstić information content (AvgIpc) is 2.45. The Labute approximate surface area is 76.6 Å². The fourth-order valence-electron chi connectivity index (χ4n) is 1.73. The van der Waals surface area contributed by atoms with Gasteiger partial charge in [-0.15, -0.1) is 0 Å². The summed E-state index contributed by atoms with van der Waals surface area (Å²) in [4.78, 5) is 15.4. The Morgan fingerprint density at radius 2 is 2.15 bits per heavy atom. The van der Waals surface area contributed by atoms with Crippen LogP contribution in [0.5, 0.6) is 0 Å². The lowest BCUT2D eigenvalue weighted by Crippen LogP contribution is -2.47. The fraction of sp³-hybridized carbons (Fsp3) is 0.750. The van der Waals surface area contributed by atoms with Gasteiger partial charge in [0.1, 0.15) is 0 Å². The predicted molar refractivity (Wildman–Crippen MR) is 47.4 cm³/mol. The largest absolute Gasteiger partial charge is 0.448 e. The van der Waals surface area contributed by atoms with Crippen molar-refractivity contribution >= 4 is 11.9 Å². The third kappa shape index (κ3) is 1.29. The summed E-state index contributed by atoms with van der Waals surface area (Å²) in [5, 5.41) is 5.81. The molecule has 0 aromatic rings. The fourth-order valence-corrected chi connectivity index (χ4v) is 1.73. The quantitative estimate of drug-likeness (QED) is 0.519. The van der Waals surface area contributed by atoms with Gasteiger partial charge in [0.15, 0.2) is 5.60 Å². The lowest BCUT2D eigenvalue weighted by atomic mass is 9.92. The number of rotatable bonds is 0. The van der Waals surface area contributed by atoms with E-state index in [0.29, 0.717) is 6.02 Å². The first-order valence-electron chi connectivity index (χ1n) is 4.45. The Kier molecular flexibility index (Phi) is 1.95. The number of nitrogens with one attached hydrogen (secondary N) is 2. The van der Waals surface area contributed by atoms with E-state index in [-0.39, 0.29) is 5.91 Å². The normalized spacial score (nSPS) is 29.0. The first-order chi connectivity index (χ1) is 6.27. The van der Waals surface area contributed by atoms with Crippen LogP contribution in [0.2, 0.25) is 0 Å². The summed E-state index contributed by atoms with van der Waals surface area (Å²) in [6.07, 6.45) is 1.44. The lowest BCUT2D eigenvalue weighted by Gasteiger charge is -2.29. The first kappa shape index (κ1) is 8.50. The van der Waals surface area contributed by atoms with E-state index in [1.165, 1.54) is 0 Å². The van der Waals surface area contributed by atoms with Crippen LogP contribution in [0, 0.1) is 0 Å². The van der Waals surface area contributed by atoms with Crippen molar-refractivity contribution in [2.75, 3.05) is 20.1 Å². The summed E-state index contributed by atoms with van der Waals surface area (Å²) in [7, 11) is 1.61. The Morgan fingerprint density at radius 1 is 1.46 bits per heavy atom. The molecule has 0 aromatic carbocycles. The van der Waals surface area contributed by atoms with E-state index in [0.717, 1.165) is 25.9 Å². The van der Waals surface area contributed by atoms with E-state index < -0.39 is 5.60 Å². The van der Waals surface area contributed by atoms with Crippen LogP contribution in [0.25, 0.3) is 0 Å². The first-order valence-corrected chi connectivity index (χ1v) is 4.45. The minimum atomic E-state index is -0.639. The van der Waals surface area contributed by atoms with Crippen LogP contribution in [0.1, 0.15) is 12.8 Å². The molecule has 2 N–H and O–H groups in total. The van der Waals surface area contributed by atoms with Crippen molar-refractivity contribution in [1.82, 2.24) is 10.6 Å². The Morgan fingerprint density at radius 3 is 2.69 bits per heavy atom. The van der Waals surface area contributed by atoms with Crippen LogP contribution in [-0.2, 0) is 9.53 Å². The maximum atomic E-state index is 11.6. The molecule has 2 aliphatic rings. The Balaban J connectivity index is 2.18. The minimum absolute atomic E-state index is 0.0467. The van der Waals surface area contributed by atoms with Gasteiger partial charge in [-0.05, 0) is 13.1 Å². The van der Waals surface area contributed by atoms with E-state index >= 15 is 0 Å². The Bertz CT molecular complexity index is 256. The van der Waals surface area contributed by atoms with Crippen LogP contribution in [-0.4, -0.2) is 37.7 Å². The molecular weight excluding hydrogens is 170 g/mol. The molecule has 0 aliphatic carbocycles. The van der Waals surface area contributed by atoms with Gasteiger partial charge in [-0.3, -0.25) is 10.1 Å². The van der Waals surface area contributed by atoms with Gasteiger partial charge in [0.25, 0.3) is 11.9 Å². The van der Waals surface area contributed by atoms with Gasteiger partial charge in [0.05, 0.1) is 0 Å². The predicted octanol–water partition coefficient (Wildman–Crippen LogP) is -0.759. The molecule has 0 aromatic heterocycles. The smallest absolute Gasteiger partial charge is 0.292 e. The molecule has 2 rings (SSSR count). The van der Waals surface area contributed by atoms with Crippen molar-refractivity contribution in [3.8, 4) is 0 Å². The highest BCUT2D eigenvalue weighted by atomic mass is 16.5. The summed E-state index contributed by atoms with van der Waals surface area (Å²) in [6, 6.07) is 0.354. The molecule has 0 unspecified atom stereocenters. The molecule has 5 nitrogen and oxygen atoms in total. The molecule has 2 saturated heterocycles. The number of ether oxygens (including phenoxy) is 1. The third-order valence-electron chi connectivity index (χ3n) is 2.54. The highest BCUT2D eigenvalue weighted by Gasteiger charge is 2.48. The zero-order valence-electron chi connectivity index (χ0n) is 7.59. The summed E-state index contributed by atoms with van der Waals surface area (Å²) < 4.78 is 5.50. The Hall–Kier alpha value is -1.10. The molecule has 13 heavy (non-hydrogen) atoms. The molecule has 72 valence electrons. The molecular formula is C8H13N3O2. The number of hydrogen-bond donors (Lipinski definition) is 2. The number of hydrogen-bond acceptors (Lipinski definition) is 4. The van der Waals surface area contributed by atoms with E-state index in [2.05, 4.69) is 15.6 Å². The number of carbonyl (C=O) groups is 1. The average molecular weight is 183 g/mol. The van der Waals surface area contributed by atoms with E-state index in [1.54, 1.807) is 7.05 Å². The van der Waals surface area contributed by atoms with Crippen molar-refractivity contribution in [2.24, 2.45) is 4.99 Å². The second kappa shape index (κ2) is 2.99. The van der Waals surface area contributed by atoms with Gasteiger partial charge in [-0.2, -0.15) is 0 Å². The summed E-state index contributed by atoms with van der Waals surface area (Å²) in [5.41, 5.74) is -0.639. The maximum absolute atomic E-state index is 11.6. The van der Waals surface area contributed by atoms with Crippen molar-refractivity contribution < 1.29 is 9.53 Å². The summed E-state index contributed by atoms with van der Waals surface area (Å²) >= 11 is 0. The number of piperidine rings is 1. The van der Waals surface area contributed by atoms with Crippen molar-refractivity contribution in [1.29, 1.82) is 0 Å². The second-order valence-electron chi connectivity index (χ2n) is 3.33. The van der Waals surface area contributed by atoms with E-state index in [9.17, 15) is 4.79 Å². The molecule has 0 radical (unpaired) electrons. The topological polar surface area (TPSA) is 62.7 Å². The minimum Gasteiger partial charge on any atom is -0.448 e. The number of carbonyl (C=O) groups excluding carboxylic acids is 1. The van der Waals surface area contributed by atoms with Gasteiger partial charge in [-0.1, -0.05) is 0 Å². The van der Waals surface area contributed by atoms with Crippen molar-refractivity contribution in [3.05, 3.63) is 0 Å². The molecule has 2 aliphatic heterocycles. The molecule has 5 heteroatoms. The molecule has 1 amide bonds. The van der Waals surface area contributed by atoms with Crippen LogP contribution in [0.15, 0.2) is 4.99 Å². The standard InChI is InChI=1S/C8H13N3O2/c1-9-7-11-6(12)8(13-7)2-4-10-5-3-8/h10H,2-5H2,1H3,(H,9,11,12). The van der Waals surface area contributed by atoms with Gasteiger partial charge >= 0.3 is 0 Å². The van der Waals surface area contributed by atoms with Crippen LogP contribution >= 0.6 is 0 Å². The van der Waals surface area contributed by atoms with Gasteiger partial charge < -0.3 is 10.1 Å². The maximum Gasteiger partial charge on any atom is 0.292 e. The van der Waals surface area contributed by atoms with Crippen LogP contribution < -0.4 is 10.6 Å². The highest BCUT2D eigenvalue weighted by Crippen LogP contribution is 2.27. The van der Waals surface area contributed by atoms with Gasteiger partial charge in [0.2, 0.25) is 0 Å². The number of nitrogens with zero attached hydrogens (tertiary/aromatic N) is 1. The molecule has 2 heterocycles. The zero-order valence-corrected chi connectivity index (χ0v) is 7.59.